The number of urea groups is 1. The Hall–Kier alpha value is -3.08. The minimum atomic E-state index is -0.344. The van der Waals surface area contributed by atoms with Gasteiger partial charge in [0.25, 0.3) is 0 Å². The molecule has 0 aliphatic carbocycles. The van der Waals surface area contributed by atoms with Crippen LogP contribution in [-0.4, -0.2) is 29.4 Å². The lowest BCUT2D eigenvalue weighted by molar-refractivity contribution is 0.165. The molecule has 26 heavy (non-hydrogen) atoms. The van der Waals surface area contributed by atoms with Crippen LogP contribution in [0.3, 0.4) is 0 Å². The highest BCUT2D eigenvalue weighted by molar-refractivity contribution is 5.81. The van der Waals surface area contributed by atoms with Crippen molar-refractivity contribution in [3.05, 3.63) is 77.6 Å². The molecule has 0 fully saturated rings. The molecule has 5 nitrogen and oxygen atoms in total. The molecule has 2 aliphatic heterocycles. The third-order valence-electron chi connectivity index (χ3n) is 4.62. The van der Waals surface area contributed by atoms with E-state index in [0.717, 1.165) is 17.7 Å². The second-order valence-electron chi connectivity index (χ2n) is 6.61. The Morgan fingerprint density at radius 1 is 1.23 bits per heavy atom. The maximum Gasteiger partial charge on any atom is 0.324 e. The molecule has 0 saturated carbocycles. The molecule has 1 N–H and O–H groups in total. The fourth-order valence-electron chi connectivity index (χ4n) is 3.28. The lowest BCUT2D eigenvalue weighted by Crippen LogP contribution is -2.48. The van der Waals surface area contributed by atoms with Gasteiger partial charge in [0.15, 0.2) is 6.23 Å². The molecule has 2 heterocycles. The van der Waals surface area contributed by atoms with Gasteiger partial charge in [0.1, 0.15) is 5.75 Å². The summed E-state index contributed by atoms with van der Waals surface area (Å²) in [6, 6.07) is 16.4. The Morgan fingerprint density at radius 3 is 2.88 bits per heavy atom. The van der Waals surface area contributed by atoms with Crippen LogP contribution in [0, 0.1) is 0 Å². The number of carbonyl (C=O) groups excluding carboxylic acids is 1. The molecule has 2 aromatic rings. The van der Waals surface area contributed by atoms with Crippen molar-refractivity contribution in [1.82, 2.24) is 10.2 Å². The van der Waals surface area contributed by atoms with E-state index in [1.807, 2.05) is 19.1 Å². The van der Waals surface area contributed by atoms with Gasteiger partial charge in [-0.3, -0.25) is 9.89 Å². The number of fused-ring (bicyclic) bond motifs is 1. The van der Waals surface area contributed by atoms with Crippen molar-refractivity contribution in [2.75, 3.05) is 0 Å². The second-order valence-corrected chi connectivity index (χ2v) is 6.61. The van der Waals surface area contributed by atoms with E-state index in [0.29, 0.717) is 6.42 Å². The largest absolute Gasteiger partial charge is 0.470 e. The maximum atomic E-state index is 12.4. The lowest BCUT2D eigenvalue weighted by atomic mass is 10.0. The quantitative estimate of drug-likeness (QED) is 0.924. The third-order valence-corrected chi connectivity index (χ3v) is 4.62. The van der Waals surface area contributed by atoms with Gasteiger partial charge in [-0.2, -0.15) is 0 Å². The van der Waals surface area contributed by atoms with Gasteiger partial charge in [0.05, 0.1) is 6.04 Å². The Balaban J connectivity index is 1.40. The lowest BCUT2D eigenvalue weighted by Gasteiger charge is -2.26. The van der Waals surface area contributed by atoms with Gasteiger partial charge >= 0.3 is 6.03 Å². The fraction of sp³-hybridized carbons (Fsp3) is 0.238. The molecule has 0 saturated heterocycles. The molecule has 4 rings (SSSR count). The molecule has 2 unspecified atom stereocenters. The number of aliphatic imine (C=N–C) groups is 1. The van der Waals surface area contributed by atoms with Crippen LogP contribution in [0.15, 0.2) is 65.9 Å². The number of ether oxygens (including phenoxy) is 1. The summed E-state index contributed by atoms with van der Waals surface area (Å²) in [4.78, 5) is 18.1. The van der Waals surface area contributed by atoms with Crippen LogP contribution in [0.1, 0.15) is 23.6 Å². The predicted octanol–water partition coefficient (Wildman–Crippen LogP) is 3.49. The Kier molecular flexibility index (Phi) is 4.44. The Labute approximate surface area is 153 Å². The highest BCUT2D eigenvalue weighted by Crippen LogP contribution is 2.29. The van der Waals surface area contributed by atoms with Crippen LogP contribution in [0.25, 0.3) is 0 Å². The Bertz CT molecular complexity index is 861. The van der Waals surface area contributed by atoms with Crippen LogP contribution in [0.2, 0.25) is 0 Å². The molecular formula is C21H21N3O2. The average molecular weight is 347 g/mol. The van der Waals surface area contributed by atoms with Crippen molar-refractivity contribution < 1.29 is 9.53 Å². The summed E-state index contributed by atoms with van der Waals surface area (Å²) in [5, 5.41) is 2.95. The third kappa shape index (κ3) is 3.47. The van der Waals surface area contributed by atoms with E-state index in [1.165, 1.54) is 11.1 Å². The molecule has 132 valence electrons. The summed E-state index contributed by atoms with van der Waals surface area (Å²) < 4.78 is 5.89. The van der Waals surface area contributed by atoms with Crippen molar-refractivity contribution in [3.8, 4) is 5.75 Å². The number of benzene rings is 2. The van der Waals surface area contributed by atoms with Crippen LogP contribution in [0.5, 0.6) is 5.75 Å². The van der Waals surface area contributed by atoms with Gasteiger partial charge in [-0.05, 0) is 30.5 Å². The highest BCUT2D eigenvalue weighted by Gasteiger charge is 2.27. The van der Waals surface area contributed by atoms with Gasteiger partial charge < -0.3 is 10.1 Å². The van der Waals surface area contributed by atoms with E-state index in [9.17, 15) is 4.79 Å². The molecule has 0 radical (unpaired) electrons. The van der Waals surface area contributed by atoms with E-state index < -0.39 is 0 Å². The van der Waals surface area contributed by atoms with E-state index >= 15 is 0 Å². The molecule has 5 heteroatoms. The van der Waals surface area contributed by atoms with Crippen LogP contribution < -0.4 is 10.1 Å². The number of carbonyl (C=O) groups is 1. The van der Waals surface area contributed by atoms with Gasteiger partial charge in [-0.25, -0.2) is 4.79 Å². The number of rotatable bonds is 3. The first-order valence-electron chi connectivity index (χ1n) is 8.80. The van der Waals surface area contributed by atoms with E-state index in [-0.39, 0.29) is 18.3 Å². The molecule has 2 aromatic carbocycles. The fourth-order valence-corrected chi connectivity index (χ4v) is 3.28. The first kappa shape index (κ1) is 16.4. The van der Waals surface area contributed by atoms with Gasteiger partial charge in [0, 0.05) is 30.6 Å². The summed E-state index contributed by atoms with van der Waals surface area (Å²) in [7, 11) is 0. The van der Waals surface area contributed by atoms with Crippen molar-refractivity contribution in [1.29, 1.82) is 0 Å². The van der Waals surface area contributed by atoms with Gasteiger partial charge in [-0.15, -0.1) is 0 Å². The molecule has 2 atom stereocenters. The summed E-state index contributed by atoms with van der Waals surface area (Å²) in [6.45, 7) is 1.92. The first-order valence-corrected chi connectivity index (χ1v) is 8.80. The summed E-state index contributed by atoms with van der Waals surface area (Å²) in [5.74, 6) is 0.843. The zero-order valence-corrected chi connectivity index (χ0v) is 14.6. The molecule has 0 spiro atoms. The SMILES string of the molecule is CC1C=NC=CN1C(=O)NC1Cc2cc(Cc3ccccc3)ccc2O1. The predicted molar refractivity (Wildman–Crippen MR) is 101 cm³/mol. The normalized spacial score (nSPS) is 20.6. The van der Waals surface area contributed by atoms with E-state index in [1.54, 1.807) is 23.5 Å². The van der Waals surface area contributed by atoms with E-state index in [4.69, 9.17) is 4.74 Å². The Morgan fingerprint density at radius 2 is 2.08 bits per heavy atom. The smallest absolute Gasteiger partial charge is 0.324 e. The minimum Gasteiger partial charge on any atom is -0.470 e. The van der Waals surface area contributed by atoms with Crippen LogP contribution in [0.4, 0.5) is 4.79 Å². The first-order chi connectivity index (χ1) is 12.7. The molecule has 0 aromatic heterocycles. The number of nitrogens with zero attached hydrogens (tertiary/aromatic N) is 2. The highest BCUT2D eigenvalue weighted by atomic mass is 16.5. The molecule has 0 bridgehead atoms. The second kappa shape index (κ2) is 7.04. The number of hydrogen-bond acceptors (Lipinski definition) is 3. The molecular weight excluding hydrogens is 326 g/mol. The molecule has 2 amide bonds. The van der Waals surface area contributed by atoms with Crippen molar-refractivity contribution >= 4 is 12.2 Å². The maximum absolute atomic E-state index is 12.4. The summed E-state index contributed by atoms with van der Waals surface area (Å²) >= 11 is 0. The van der Waals surface area contributed by atoms with Crippen molar-refractivity contribution in [2.24, 2.45) is 4.99 Å². The number of amides is 2. The minimum absolute atomic E-state index is 0.0683. The van der Waals surface area contributed by atoms with Crippen LogP contribution in [-0.2, 0) is 12.8 Å². The van der Waals surface area contributed by atoms with Crippen molar-refractivity contribution in [2.45, 2.75) is 32.0 Å². The topological polar surface area (TPSA) is 53.9 Å². The van der Waals surface area contributed by atoms with Crippen LogP contribution >= 0.6 is 0 Å². The van der Waals surface area contributed by atoms with Gasteiger partial charge in [0.2, 0.25) is 0 Å². The summed E-state index contributed by atoms with van der Waals surface area (Å²) in [6.07, 6.45) is 6.24. The zero-order valence-electron chi connectivity index (χ0n) is 14.6. The van der Waals surface area contributed by atoms with Gasteiger partial charge in [-0.1, -0.05) is 42.5 Å². The zero-order chi connectivity index (χ0) is 17.9. The van der Waals surface area contributed by atoms with Crippen molar-refractivity contribution in [3.63, 3.8) is 0 Å². The number of hydrogen-bond donors (Lipinski definition) is 1. The number of nitrogens with one attached hydrogen (secondary N) is 1. The molecule has 2 aliphatic rings. The summed E-state index contributed by atoms with van der Waals surface area (Å²) in [5.41, 5.74) is 3.66. The standard InChI is InChI=1S/C21H21N3O2/c1-15-14-22-9-10-24(15)21(25)23-20-13-18-12-17(7-8-19(18)26-20)11-16-5-3-2-4-6-16/h2-10,12,14-15,20H,11,13H2,1H3,(H,23,25). The average Bonchev–Trinajstić information content (AvgIpc) is 3.04. The monoisotopic (exact) mass is 347 g/mol. The van der Waals surface area contributed by atoms with E-state index in [2.05, 4.69) is 46.7 Å².